The molecule has 2 N–H and O–H groups in total. The Balaban J connectivity index is 2.43. The summed E-state index contributed by atoms with van der Waals surface area (Å²) in [5.74, 6) is 0.869. The first kappa shape index (κ1) is 15.5. The van der Waals surface area contributed by atoms with Gasteiger partial charge in [0.2, 0.25) is 5.91 Å². The molecule has 4 nitrogen and oxygen atoms in total. The maximum absolute atomic E-state index is 12.0. The summed E-state index contributed by atoms with van der Waals surface area (Å²) in [7, 11) is 1.65. The smallest absolute Gasteiger partial charge is 0.239 e. The van der Waals surface area contributed by atoms with Crippen LogP contribution in [0.2, 0.25) is 0 Å². The molecule has 0 aliphatic rings. The van der Waals surface area contributed by atoms with Gasteiger partial charge in [-0.3, -0.25) is 4.79 Å². The largest absolute Gasteiger partial charge is 0.497 e. The van der Waals surface area contributed by atoms with Gasteiger partial charge in [-0.05, 0) is 44.5 Å². The molecule has 1 amide bonds. The lowest BCUT2D eigenvalue weighted by Gasteiger charge is -2.24. The minimum atomic E-state index is -0.525. The molecule has 4 heteroatoms. The number of amides is 1. The first-order valence-corrected chi connectivity index (χ1v) is 6.66. The van der Waals surface area contributed by atoms with Crippen LogP contribution in [0.1, 0.15) is 26.3 Å². The quantitative estimate of drug-likeness (QED) is 0.788. The lowest BCUT2D eigenvalue weighted by Crippen LogP contribution is -2.52. The van der Waals surface area contributed by atoms with Crippen LogP contribution in [-0.4, -0.2) is 31.6 Å². The Morgan fingerprint density at radius 3 is 2.74 bits per heavy atom. The van der Waals surface area contributed by atoms with Gasteiger partial charge in [-0.1, -0.05) is 19.1 Å². The first-order valence-electron chi connectivity index (χ1n) is 6.66. The van der Waals surface area contributed by atoms with Crippen LogP contribution in [0.25, 0.3) is 0 Å². The van der Waals surface area contributed by atoms with Crippen molar-refractivity contribution in [3.05, 3.63) is 29.8 Å². The second-order valence-corrected chi connectivity index (χ2v) is 5.01. The molecular formula is C15H24N2O2. The lowest BCUT2D eigenvalue weighted by molar-refractivity contribution is -0.126. The van der Waals surface area contributed by atoms with E-state index in [9.17, 15) is 4.79 Å². The van der Waals surface area contributed by atoms with Crippen LogP contribution in [0.15, 0.2) is 24.3 Å². The van der Waals surface area contributed by atoms with Crippen LogP contribution in [0.4, 0.5) is 0 Å². The van der Waals surface area contributed by atoms with E-state index in [4.69, 9.17) is 4.74 Å². The second-order valence-electron chi connectivity index (χ2n) is 5.01. The fourth-order valence-electron chi connectivity index (χ4n) is 1.89. The molecule has 0 heterocycles. The number of nitrogens with one attached hydrogen (secondary N) is 2. The van der Waals surface area contributed by atoms with Crippen molar-refractivity contribution >= 4 is 5.91 Å². The number of hydrogen-bond acceptors (Lipinski definition) is 3. The fourth-order valence-corrected chi connectivity index (χ4v) is 1.89. The third-order valence-electron chi connectivity index (χ3n) is 3.02. The van der Waals surface area contributed by atoms with E-state index < -0.39 is 5.54 Å². The highest BCUT2D eigenvalue weighted by atomic mass is 16.5. The van der Waals surface area contributed by atoms with E-state index >= 15 is 0 Å². The Kier molecular flexibility index (Phi) is 5.83. The van der Waals surface area contributed by atoms with Crippen molar-refractivity contribution < 1.29 is 9.53 Å². The predicted octanol–water partition coefficient (Wildman–Crippen LogP) is 1.74. The normalized spacial score (nSPS) is 11.2. The van der Waals surface area contributed by atoms with E-state index in [2.05, 4.69) is 10.6 Å². The monoisotopic (exact) mass is 264 g/mol. The molecule has 0 saturated heterocycles. The van der Waals surface area contributed by atoms with Crippen molar-refractivity contribution in [2.75, 3.05) is 20.2 Å². The maximum Gasteiger partial charge on any atom is 0.239 e. The zero-order valence-electron chi connectivity index (χ0n) is 12.2. The van der Waals surface area contributed by atoms with Crippen LogP contribution in [0, 0.1) is 0 Å². The van der Waals surface area contributed by atoms with Gasteiger partial charge in [0.05, 0.1) is 12.6 Å². The van der Waals surface area contributed by atoms with Gasteiger partial charge in [0.25, 0.3) is 0 Å². The minimum absolute atomic E-state index is 0.0252. The second kappa shape index (κ2) is 7.14. The van der Waals surface area contributed by atoms with E-state index in [0.717, 1.165) is 24.3 Å². The van der Waals surface area contributed by atoms with Gasteiger partial charge in [0.1, 0.15) is 5.75 Å². The third-order valence-corrected chi connectivity index (χ3v) is 3.02. The molecule has 0 bridgehead atoms. The van der Waals surface area contributed by atoms with Crippen molar-refractivity contribution in [2.45, 2.75) is 32.7 Å². The molecular weight excluding hydrogens is 240 g/mol. The number of benzene rings is 1. The average molecular weight is 264 g/mol. The van der Waals surface area contributed by atoms with E-state index in [1.165, 1.54) is 0 Å². The summed E-state index contributed by atoms with van der Waals surface area (Å²) in [4.78, 5) is 12.0. The topological polar surface area (TPSA) is 50.4 Å². The van der Waals surface area contributed by atoms with Gasteiger partial charge in [0.15, 0.2) is 0 Å². The summed E-state index contributed by atoms with van der Waals surface area (Å²) in [6.07, 6.45) is 0.797. The van der Waals surface area contributed by atoms with Gasteiger partial charge in [-0.25, -0.2) is 0 Å². The fraction of sp³-hybridized carbons (Fsp3) is 0.533. The van der Waals surface area contributed by atoms with E-state index in [-0.39, 0.29) is 5.91 Å². The third kappa shape index (κ3) is 4.91. The predicted molar refractivity (Wildman–Crippen MR) is 77.5 cm³/mol. The summed E-state index contributed by atoms with van der Waals surface area (Å²) < 4.78 is 5.17. The molecule has 0 saturated carbocycles. The van der Waals surface area contributed by atoms with Crippen molar-refractivity contribution in [3.63, 3.8) is 0 Å². The molecule has 0 aliphatic carbocycles. The molecule has 106 valence electrons. The molecule has 0 aromatic heterocycles. The lowest BCUT2D eigenvalue weighted by atomic mass is 10.0. The summed E-state index contributed by atoms with van der Waals surface area (Å²) in [6, 6.07) is 7.89. The molecule has 0 radical (unpaired) electrons. The molecule has 0 aliphatic heterocycles. The molecule has 1 aromatic carbocycles. The molecule has 0 fully saturated rings. The SMILES string of the molecule is CCNC(C)(C)C(=O)NCCc1cccc(OC)c1. The summed E-state index contributed by atoms with van der Waals surface area (Å²) in [5, 5.41) is 6.11. The summed E-state index contributed by atoms with van der Waals surface area (Å²) in [6.45, 7) is 7.16. The molecule has 0 spiro atoms. The highest BCUT2D eigenvalue weighted by Crippen LogP contribution is 2.12. The number of hydrogen-bond donors (Lipinski definition) is 2. The molecule has 0 unspecified atom stereocenters. The highest BCUT2D eigenvalue weighted by Gasteiger charge is 2.25. The Morgan fingerprint density at radius 1 is 1.37 bits per heavy atom. The Bertz CT molecular complexity index is 416. The van der Waals surface area contributed by atoms with Crippen LogP contribution in [0.3, 0.4) is 0 Å². The van der Waals surface area contributed by atoms with Crippen molar-refractivity contribution in [1.82, 2.24) is 10.6 Å². The molecule has 1 aromatic rings. The van der Waals surface area contributed by atoms with Gasteiger partial charge in [0, 0.05) is 6.54 Å². The van der Waals surface area contributed by atoms with E-state index in [1.807, 2.05) is 45.0 Å². The number of rotatable bonds is 7. The number of likely N-dealkylation sites (N-methyl/N-ethyl adjacent to an activating group) is 1. The van der Waals surface area contributed by atoms with E-state index in [1.54, 1.807) is 7.11 Å². The maximum atomic E-state index is 12.0. The standard InChI is InChI=1S/C15H24N2O2/c1-5-17-15(2,3)14(18)16-10-9-12-7-6-8-13(11-12)19-4/h6-8,11,17H,5,9-10H2,1-4H3,(H,16,18). The van der Waals surface area contributed by atoms with Gasteiger partial charge in [-0.15, -0.1) is 0 Å². The van der Waals surface area contributed by atoms with Crippen LogP contribution < -0.4 is 15.4 Å². The van der Waals surface area contributed by atoms with Crippen molar-refractivity contribution in [2.24, 2.45) is 0 Å². The highest BCUT2D eigenvalue weighted by molar-refractivity contribution is 5.85. The zero-order valence-corrected chi connectivity index (χ0v) is 12.2. The number of ether oxygens (including phenoxy) is 1. The molecule has 1 rings (SSSR count). The molecule has 19 heavy (non-hydrogen) atoms. The Morgan fingerprint density at radius 2 is 2.11 bits per heavy atom. The zero-order chi connectivity index (χ0) is 14.3. The van der Waals surface area contributed by atoms with Gasteiger partial charge >= 0.3 is 0 Å². The van der Waals surface area contributed by atoms with Crippen LogP contribution in [-0.2, 0) is 11.2 Å². The van der Waals surface area contributed by atoms with Crippen LogP contribution >= 0.6 is 0 Å². The van der Waals surface area contributed by atoms with Crippen molar-refractivity contribution in [1.29, 1.82) is 0 Å². The summed E-state index contributed by atoms with van der Waals surface area (Å²) in [5.41, 5.74) is 0.629. The first-order chi connectivity index (χ1) is 8.99. The van der Waals surface area contributed by atoms with E-state index in [0.29, 0.717) is 6.54 Å². The van der Waals surface area contributed by atoms with Gasteiger partial charge in [-0.2, -0.15) is 0 Å². The Hall–Kier alpha value is -1.55. The van der Waals surface area contributed by atoms with Gasteiger partial charge < -0.3 is 15.4 Å². The number of methoxy groups -OCH3 is 1. The number of carbonyl (C=O) groups excluding carboxylic acids is 1. The minimum Gasteiger partial charge on any atom is -0.497 e. The summed E-state index contributed by atoms with van der Waals surface area (Å²) >= 11 is 0. The van der Waals surface area contributed by atoms with Crippen LogP contribution in [0.5, 0.6) is 5.75 Å². The molecule has 0 atom stereocenters. The van der Waals surface area contributed by atoms with Crippen molar-refractivity contribution in [3.8, 4) is 5.75 Å². The number of carbonyl (C=O) groups is 1. The average Bonchev–Trinajstić information content (AvgIpc) is 2.38. The Labute approximate surface area is 115 Å².